The summed E-state index contributed by atoms with van der Waals surface area (Å²) in [5, 5.41) is 3.45. The standard InChI is InChI=1S/C21H25N3O3S/c1-15(2)16-7-3-4-8-17(16)23-21-24(12-6-14-28-21)19(25)10-11-22-20(26)18-9-5-13-27-18/h3-5,7-9,13,15H,6,10-12,14H2,1-2H3,(H,22,26). The average molecular weight is 400 g/mol. The van der Waals surface area contributed by atoms with E-state index in [4.69, 9.17) is 9.41 Å². The van der Waals surface area contributed by atoms with Gasteiger partial charge in [0.15, 0.2) is 10.9 Å². The zero-order valence-corrected chi connectivity index (χ0v) is 17.0. The Hall–Kier alpha value is -2.54. The molecule has 1 aromatic carbocycles. The van der Waals surface area contributed by atoms with Gasteiger partial charge < -0.3 is 9.73 Å². The van der Waals surface area contributed by atoms with Gasteiger partial charge in [-0.05, 0) is 36.1 Å². The van der Waals surface area contributed by atoms with Crippen LogP contribution in [-0.2, 0) is 4.79 Å². The van der Waals surface area contributed by atoms with E-state index in [0.717, 1.165) is 23.0 Å². The van der Waals surface area contributed by atoms with Gasteiger partial charge in [-0.2, -0.15) is 0 Å². The Balaban J connectivity index is 1.66. The molecule has 1 saturated heterocycles. The lowest BCUT2D eigenvalue weighted by molar-refractivity contribution is -0.127. The number of thioether (sulfide) groups is 1. The van der Waals surface area contributed by atoms with Crippen LogP contribution in [0.4, 0.5) is 5.69 Å². The van der Waals surface area contributed by atoms with Gasteiger partial charge in [0.2, 0.25) is 5.91 Å². The Morgan fingerprint density at radius 2 is 2.07 bits per heavy atom. The molecule has 1 aliphatic rings. The fourth-order valence-electron chi connectivity index (χ4n) is 2.98. The maximum atomic E-state index is 12.7. The lowest BCUT2D eigenvalue weighted by Gasteiger charge is -2.28. The highest BCUT2D eigenvalue weighted by molar-refractivity contribution is 8.13. The Labute approximate surface area is 169 Å². The molecule has 7 heteroatoms. The molecule has 148 valence electrons. The molecule has 0 spiro atoms. The van der Waals surface area contributed by atoms with Crippen LogP contribution in [-0.4, -0.2) is 40.7 Å². The molecular weight excluding hydrogens is 374 g/mol. The maximum Gasteiger partial charge on any atom is 0.286 e. The summed E-state index contributed by atoms with van der Waals surface area (Å²) in [5.41, 5.74) is 2.07. The lowest BCUT2D eigenvalue weighted by atomic mass is 10.0. The van der Waals surface area contributed by atoms with E-state index in [1.165, 1.54) is 11.8 Å². The average Bonchev–Trinajstić information content (AvgIpc) is 3.23. The maximum absolute atomic E-state index is 12.7. The van der Waals surface area contributed by atoms with Gasteiger partial charge in [0, 0.05) is 25.3 Å². The molecule has 1 aliphatic heterocycles. The van der Waals surface area contributed by atoms with Crippen LogP contribution in [0.5, 0.6) is 0 Å². The first-order chi connectivity index (χ1) is 13.6. The quantitative estimate of drug-likeness (QED) is 0.791. The third-order valence-corrected chi connectivity index (χ3v) is 5.50. The zero-order chi connectivity index (χ0) is 19.9. The third kappa shape index (κ3) is 5.04. The van der Waals surface area contributed by atoms with E-state index < -0.39 is 0 Å². The van der Waals surface area contributed by atoms with E-state index in [1.807, 2.05) is 18.2 Å². The molecule has 0 radical (unpaired) electrons. The van der Waals surface area contributed by atoms with Crippen molar-refractivity contribution in [3.8, 4) is 0 Å². The van der Waals surface area contributed by atoms with Gasteiger partial charge in [0.1, 0.15) is 0 Å². The third-order valence-electron chi connectivity index (χ3n) is 4.43. The first-order valence-corrected chi connectivity index (χ1v) is 10.5. The highest BCUT2D eigenvalue weighted by Crippen LogP contribution is 2.29. The number of carbonyl (C=O) groups is 2. The predicted molar refractivity (Wildman–Crippen MR) is 112 cm³/mol. The smallest absolute Gasteiger partial charge is 0.286 e. The highest BCUT2D eigenvalue weighted by Gasteiger charge is 2.24. The number of furan rings is 1. The zero-order valence-electron chi connectivity index (χ0n) is 16.2. The number of amidine groups is 1. The summed E-state index contributed by atoms with van der Waals surface area (Å²) in [6.07, 6.45) is 2.60. The van der Waals surface area contributed by atoms with E-state index in [1.54, 1.807) is 28.8 Å². The summed E-state index contributed by atoms with van der Waals surface area (Å²) in [6.45, 7) is 5.19. The van der Waals surface area contributed by atoms with E-state index in [-0.39, 0.29) is 30.5 Å². The Morgan fingerprint density at radius 1 is 1.25 bits per heavy atom. The molecule has 0 aliphatic carbocycles. The Morgan fingerprint density at radius 3 is 2.82 bits per heavy atom. The number of amides is 2. The van der Waals surface area contributed by atoms with Crippen LogP contribution in [0.2, 0.25) is 0 Å². The van der Waals surface area contributed by atoms with Gasteiger partial charge in [-0.15, -0.1) is 0 Å². The van der Waals surface area contributed by atoms with Crippen molar-refractivity contribution in [2.75, 3.05) is 18.8 Å². The van der Waals surface area contributed by atoms with Crippen LogP contribution in [0.1, 0.15) is 48.7 Å². The molecular formula is C21H25N3O3S. The Kier molecular flexibility index (Phi) is 6.92. The Bertz CT molecular complexity index is 846. The lowest BCUT2D eigenvalue weighted by Crippen LogP contribution is -2.40. The number of benzene rings is 1. The van der Waals surface area contributed by atoms with Crippen LogP contribution in [0.3, 0.4) is 0 Å². The van der Waals surface area contributed by atoms with E-state index >= 15 is 0 Å². The summed E-state index contributed by atoms with van der Waals surface area (Å²) in [5.74, 6) is 1.20. The summed E-state index contributed by atoms with van der Waals surface area (Å²) in [7, 11) is 0. The van der Waals surface area contributed by atoms with Gasteiger partial charge in [0.05, 0.1) is 12.0 Å². The molecule has 6 nitrogen and oxygen atoms in total. The van der Waals surface area contributed by atoms with Crippen LogP contribution in [0, 0.1) is 0 Å². The highest BCUT2D eigenvalue weighted by atomic mass is 32.2. The summed E-state index contributed by atoms with van der Waals surface area (Å²) in [4.78, 5) is 31.2. The van der Waals surface area contributed by atoms with Crippen LogP contribution < -0.4 is 5.32 Å². The number of rotatable bonds is 6. The van der Waals surface area contributed by atoms with E-state index in [2.05, 4.69) is 25.2 Å². The monoisotopic (exact) mass is 399 g/mol. The number of hydrogen-bond acceptors (Lipinski definition) is 5. The van der Waals surface area contributed by atoms with E-state index in [9.17, 15) is 9.59 Å². The van der Waals surface area contributed by atoms with Gasteiger partial charge in [0.25, 0.3) is 5.91 Å². The second-order valence-corrected chi connectivity index (χ2v) is 7.90. The second kappa shape index (κ2) is 9.59. The molecule has 0 unspecified atom stereocenters. The molecule has 1 N–H and O–H groups in total. The molecule has 1 aromatic heterocycles. The minimum Gasteiger partial charge on any atom is -0.459 e. The summed E-state index contributed by atoms with van der Waals surface area (Å²) < 4.78 is 5.05. The molecule has 1 fully saturated rings. The SMILES string of the molecule is CC(C)c1ccccc1N=C1SCCCN1C(=O)CCNC(=O)c1ccco1. The van der Waals surface area contributed by atoms with Crippen molar-refractivity contribution in [3.05, 3.63) is 54.0 Å². The van der Waals surface area contributed by atoms with Gasteiger partial charge >= 0.3 is 0 Å². The van der Waals surface area contributed by atoms with Crippen molar-refractivity contribution in [2.45, 2.75) is 32.6 Å². The van der Waals surface area contributed by atoms with Crippen LogP contribution >= 0.6 is 11.8 Å². The first kappa shape index (κ1) is 20.2. The molecule has 0 saturated carbocycles. The molecule has 3 rings (SSSR count). The van der Waals surface area contributed by atoms with Gasteiger partial charge in [-0.1, -0.05) is 43.8 Å². The number of carbonyl (C=O) groups excluding carboxylic acids is 2. The minimum absolute atomic E-state index is 0.0345. The number of nitrogens with zero attached hydrogens (tertiary/aromatic N) is 2. The predicted octanol–water partition coefficient (Wildman–Crippen LogP) is 4.18. The van der Waals surface area contributed by atoms with Crippen molar-refractivity contribution < 1.29 is 14.0 Å². The fraction of sp³-hybridized carbons (Fsp3) is 0.381. The normalized spacial score (nSPS) is 15.8. The van der Waals surface area contributed by atoms with Gasteiger partial charge in [-0.25, -0.2) is 4.99 Å². The minimum atomic E-state index is -0.314. The molecule has 2 aromatic rings. The number of hydrogen-bond donors (Lipinski definition) is 1. The second-order valence-electron chi connectivity index (χ2n) is 6.84. The number of aliphatic imine (C=N–C) groups is 1. The van der Waals surface area contributed by atoms with E-state index in [0.29, 0.717) is 12.5 Å². The van der Waals surface area contributed by atoms with Crippen molar-refractivity contribution in [2.24, 2.45) is 4.99 Å². The van der Waals surface area contributed by atoms with Crippen LogP contribution in [0.15, 0.2) is 52.1 Å². The summed E-state index contributed by atoms with van der Waals surface area (Å²) in [6, 6.07) is 11.3. The molecule has 2 amide bonds. The van der Waals surface area contributed by atoms with Gasteiger partial charge in [-0.3, -0.25) is 14.5 Å². The largest absolute Gasteiger partial charge is 0.459 e. The topological polar surface area (TPSA) is 74.9 Å². The van der Waals surface area contributed by atoms with Crippen molar-refractivity contribution in [3.63, 3.8) is 0 Å². The van der Waals surface area contributed by atoms with Crippen molar-refractivity contribution in [1.82, 2.24) is 10.2 Å². The molecule has 0 bridgehead atoms. The van der Waals surface area contributed by atoms with Crippen molar-refractivity contribution in [1.29, 1.82) is 0 Å². The van der Waals surface area contributed by atoms with Crippen molar-refractivity contribution >= 4 is 34.4 Å². The summed E-state index contributed by atoms with van der Waals surface area (Å²) >= 11 is 1.61. The number of para-hydroxylation sites is 1. The molecule has 2 heterocycles. The molecule has 0 atom stereocenters. The number of nitrogens with one attached hydrogen (secondary N) is 1. The first-order valence-electron chi connectivity index (χ1n) is 9.48. The fourth-order valence-corrected chi connectivity index (χ4v) is 3.94. The van der Waals surface area contributed by atoms with Crippen LogP contribution in [0.25, 0.3) is 0 Å². The molecule has 28 heavy (non-hydrogen) atoms.